The molecule has 0 spiro atoms. The summed E-state index contributed by atoms with van der Waals surface area (Å²) < 4.78 is 10.4. The number of anilines is 1. The first kappa shape index (κ1) is 18.4. The lowest BCUT2D eigenvalue weighted by Gasteiger charge is -2.20. The first-order valence-corrected chi connectivity index (χ1v) is 8.41. The van der Waals surface area contributed by atoms with Gasteiger partial charge in [0.15, 0.2) is 11.5 Å². The molecule has 0 N–H and O–H groups in total. The smallest absolute Gasteiger partial charge is 0.261 e. The largest absolute Gasteiger partial charge is 0.493 e. The van der Waals surface area contributed by atoms with E-state index in [2.05, 4.69) is 0 Å². The molecule has 0 unspecified atom stereocenters. The predicted octanol–water partition coefficient (Wildman–Crippen LogP) is 2.35. The third-order valence-corrected chi connectivity index (χ3v) is 4.56. The van der Waals surface area contributed by atoms with Crippen LogP contribution in [-0.2, 0) is 4.79 Å². The van der Waals surface area contributed by atoms with Crippen LogP contribution in [0.2, 0.25) is 0 Å². The summed E-state index contributed by atoms with van der Waals surface area (Å²) in [6.45, 7) is 0.0306. The zero-order valence-corrected chi connectivity index (χ0v) is 15.4. The van der Waals surface area contributed by atoms with Gasteiger partial charge in [-0.1, -0.05) is 12.1 Å². The Kier molecular flexibility index (Phi) is 5.12. The highest BCUT2D eigenvalue weighted by Crippen LogP contribution is 2.31. The monoisotopic (exact) mass is 368 g/mol. The number of ether oxygens (including phenoxy) is 2. The molecule has 3 amide bonds. The molecule has 1 aliphatic heterocycles. The normalized spacial score (nSPS) is 12.8. The highest BCUT2D eigenvalue weighted by Gasteiger charge is 2.35. The molecule has 7 nitrogen and oxygen atoms in total. The highest BCUT2D eigenvalue weighted by molar-refractivity contribution is 6.21. The Morgan fingerprint density at radius 1 is 0.963 bits per heavy atom. The maximum atomic E-state index is 12.5. The molecule has 0 fully saturated rings. The minimum absolute atomic E-state index is 0.0241. The topological polar surface area (TPSA) is 76.2 Å². The second-order valence-corrected chi connectivity index (χ2v) is 6.05. The average molecular weight is 368 g/mol. The summed E-state index contributed by atoms with van der Waals surface area (Å²) in [4.78, 5) is 39.8. The summed E-state index contributed by atoms with van der Waals surface area (Å²) in [5.74, 6) is 0.122. The zero-order chi connectivity index (χ0) is 19.6. The molecule has 2 aromatic rings. The van der Waals surface area contributed by atoms with E-state index in [1.54, 1.807) is 49.5 Å². The van der Waals surface area contributed by atoms with E-state index in [4.69, 9.17) is 9.47 Å². The lowest BCUT2D eigenvalue weighted by molar-refractivity contribution is -0.118. The van der Waals surface area contributed by atoms with E-state index in [-0.39, 0.29) is 30.7 Å². The molecule has 0 atom stereocenters. The van der Waals surface area contributed by atoms with Crippen molar-refractivity contribution < 1.29 is 23.9 Å². The second-order valence-electron chi connectivity index (χ2n) is 6.05. The van der Waals surface area contributed by atoms with E-state index in [0.29, 0.717) is 28.3 Å². The number of benzene rings is 2. The molecule has 0 saturated heterocycles. The van der Waals surface area contributed by atoms with E-state index in [1.165, 1.54) is 19.1 Å². The molecule has 2 aromatic carbocycles. The summed E-state index contributed by atoms with van der Waals surface area (Å²) >= 11 is 0. The molecule has 3 rings (SSSR count). The zero-order valence-electron chi connectivity index (χ0n) is 15.4. The number of imide groups is 1. The molecule has 27 heavy (non-hydrogen) atoms. The number of rotatable bonds is 6. The number of methoxy groups -OCH3 is 2. The molecule has 140 valence electrons. The van der Waals surface area contributed by atoms with Gasteiger partial charge in [0.05, 0.1) is 25.3 Å². The van der Waals surface area contributed by atoms with Crippen LogP contribution in [0.15, 0.2) is 42.5 Å². The van der Waals surface area contributed by atoms with E-state index in [1.807, 2.05) is 0 Å². The molecule has 0 radical (unpaired) electrons. The van der Waals surface area contributed by atoms with Crippen LogP contribution in [0.1, 0.15) is 27.1 Å². The average Bonchev–Trinajstić information content (AvgIpc) is 2.95. The van der Waals surface area contributed by atoms with Crippen molar-refractivity contribution in [3.8, 4) is 11.5 Å². The molecular weight excluding hydrogens is 348 g/mol. The standard InChI is InChI=1S/C20H20N2O5/c1-21(13-8-9-16(26-2)17(12-13)27-3)18(23)10-11-22-19(24)14-6-4-5-7-15(14)20(22)25/h4-9,12H,10-11H2,1-3H3. The minimum Gasteiger partial charge on any atom is -0.493 e. The number of fused-ring (bicyclic) bond motifs is 1. The van der Waals surface area contributed by atoms with Crippen molar-refractivity contribution in [2.75, 3.05) is 32.7 Å². The lowest BCUT2D eigenvalue weighted by Crippen LogP contribution is -2.35. The molecule has 7 heteroatoms. The maximum absolute atomic E-state index is 12.5. The SMILES string of the molecule is COc1ccc(N(C)C(=O)CCN2C(=O)c3ccccc3C2=O)cc1OC. The fourth-order valence-electron chi connectivity index (χ4n) is 2.99. The van der Waals surface area contributed by atoms with Gasteiger partial charge in [0.1, 0.15) is 0 Å². The Balaban J connectivity index is 1.68. The van der Waals surface area contributed by atoms with E-state index >= 15 is 0 Å². The first-order chi connectivity index (χ1) is 13.0. The molecular formula is C20H20N2O5. The van der Waals surface area contributed by atoms with Gasteiger partial charge in [0, 0.05) is 31.8 Å². The Hall–Kier alpha value is -3.35. The third-order valence-electron chi connectivity index (χ3n) is 4.56. The number of nitrogens with zero attached hydrogens (tertiary/aromatic N) is 2. The van der Waals surface area contributed by atoms with Crippen molar-refractivity contribution in [2.24, 2.45) is 0 Å². The number of hydrogen-bond donors (Lipinski definition) is 0. The van der Waals surface area contributed by atoms with E-state index in [9.17, 15) is 14.4 Å². The van der Waals surface area contributed by atoms with Crippen molar-refractivity contribution in [1.29, 1.82) is 0 Å². The van der Waals surface area contributed by atoms with Gasteiger partial charge in [-0.05, 0) is 24.3 Å². The summed E-state index contributed by atoms with van der Waals surface area (Å²) in [7, 11) is 4.69. The number of carbonyl (C=O) groups is 3. The van der Waals surface area contributed by atoms with E-state index in [0.717, 1.165) is 4.90 Å². The molecule has 0 bridgehead atoms. The maximum Gasteiger partial charge on any atom is 0.261 e. The summed E-state index contributed by atoms with van der Waals surface area (Å²) in [6, 6.07) is 11.8. The molecule has 0 aromatic heterocycles. The molecule has 0 aliphatic carbocycles. The van der Waals surface area contributed by atoms with Crippen molar-refractivity contribution in [1.82, 2.24) is 4.90 Å². The number of carbonyl (C=O) groups excluding carboxylic acids is 3. The third kappa shape index (κ3) is 3.36. The van der Waals surface area contributed by atoms with E-state index < -0.39 is 0 Å². The van der Waals surface area contributed by atoms with Gasteiger partial charge in [-0.25, -0.2) is 0 Å². The van der Waals surface area contributed by atoms with Crippen molar-refractivity contribution in [2.45, 2.75) is 6.42 Å². The van der Waals surface area contributed by atoms with Crippen molar-refractivity contribution in [3.05, 3.63) is 53.6 Å². The Morgan fingerprint density at radius 2 is 1.56 bits per heavy atom. The van der Waals surface area contributed by atoms with Crippen LogP contribution >= 0.6 is 0 Å². The van der Waals surface area contributed by atoms with Gasteiger partial charge in [-0.2, -0.15) is 0 Å². The molecule has 0 saturated carbocycles. The highest BCUT2D eigenvalue weighted by atomic mass is 16.5. The van der Waals surface area contributed by atoms with Gasteiger partial charge < -0.3 is 14.4 Å². The van der Waals surface area contributed by atoms with Crippen LogP contribution in [-0.4, -0.2) is 50.4 Å². The van der Waals surface area contributed by atoms with Crippen LogP contribution in [0.4, 0.5) is 5.69 Å². The fourth-order valence-corrected chi connectivity index (χ4v) is 2.99. The molecule has 1 aliphatic rings. The van der Waals surface area contributed by atoms with Gasteiger partial charge in [0.2, 0.25) is 5.91 Å². The second kappa shape index (κ2) is 7.49. The summed E-state index contributed by atoms with van der Waals surface area (Å²) in [6.07, 6.45) is 0.0241. The van der Waals surface area contributed by atoms with Gasteiger partial charge in [0.25, 0.3) is 11.8 Å². The summed E-state index contributed by atoms with van der Waals surface area (Å²) in [5.41, 5.74) is 1.38. The van der Waals surface area contributed by atoms with Crippen LogP contribution < -0.4 is 14.4 Å². The minimum atomic E-state index is -0.364. The summed E-state index contributed by atoms with van der Waals surface area (Å²) in [5, 5.41) is 0. The number of amides is 3. The Labute approximate surface area is 157 Å². The quantitative estimate of drug-likeness (QED) is 0.732. The van der Waals surface area contributed by atoms with Crippen LogP contribution in [0.25, 0.3) is 0 Å². The Bertz CT molecular complexity index is 874. The first-order valence-electron chi connectivity index (χ1n) is 8.41. The van der Waals surface area contributed by atoms with Gasteiger partial charge in [-0.3, -0.25) is 19.3 Å². The van der Waals surface area contributed by atoms with Gasteiger partial charge >= 0.3 is 0 Å². The lowest BCUT2D eigenvalue weighted by atomic mass is 10.1. The molecule has 1 heterocycles. The fraction of sp³-hybridized carbons (Fsp3) is 0.250. The predicted molar refractivity (Wildman–Crippen MR) is 99.4 cm³/mol. The van der Waals surface area contributed by atoms with Crippen molar-refractivity contribution in [3.63, 3.8) is 0 Å². The van der Waals surface area contributed by atoms with Crippen LogP contribution in [0, 0.1) is 0 Å². The Morgan fingerprint density at radius 3 is 2.11 bits per heavy atom. The van der Waals surface area contributed by atoms with Gasteiger partial charge in [-0.15, -0.1) is 0 Å². The van der Waals surface area contributed by atoms with Crippen LogP contribution in [0.5, 0.6) is 11.5 Å². The van der Waals surface area contributed by atoms with Crippen LogP contribution in [0.3, 0.4) is 0 Å². The number of hydrogen-bond acceptors (Lipinski definition) is 5. The van der Waals surface area contributed by atoms with Crippen molar-refractivity contribution >= 4 is 23.4 Å².